The lowest BCUT2D eigenvalue weighted by atomic mass is 10.3. The first-order chi connectivity index (χ1) is 9.11. The molecule has 0 saturated carbocycles. The van der Waals surface area contributed by atoms with E-state index in [2.05, 4.69) is 15.8 Å². The zero-order valence-electron chi connectivity index (χ0n) is 11.0. The summed E-state index contributed by atoms with van der Waals surface area (Å²) in [5, 5.41) is 7.35. The van der Waals surface area contributed by atoms with E-state index in [4.69, 9.17) is 17.0 Å². The largest absolute Gasteiger partial charge is 0.466 e. The number of thiocarbonyl (C=S) groups is 1. The van der Waals surface area contributed by atoms with Crippen LogP contribution < -0.4 is 10.7 Å². The van der Waals surface area contributed by atoms with E-state index in [9.17, 15) is 4.79 Å². The highest BCUT2D eigenvalue weighted by atomic mass is 32.1. The van der Waals surface area contributed by atoms with Crippen molar-refractivity contribution in [1.29, 1.82) is 0 Å². The summed E-state index contributed by atoms with van der Waals surface area (Å²) in [6.07, 6.45) is 0.148. The number of carbonyl (C=O) groups excluding carboxylic acids is 1. The fourth-order valence-electron chi connectivity index (χ4n) is 1.29. The van der Waals surface area contributed by atoms with Crippen LogP contribution in [0.2, 0.25) is 0 Å². The van der Waals surface area contributed by atoms with Gasteiger partial charge in [-0.15, -0.1) is 0 Å². The summed E-state index contributed by atoms with van der Waals surface area (Å²) in [5.74, 6) is -0.299. The number of nitrogens with one attached hydrogen (secondary N) is 2. The summed E-state index contributed by atoms with van der Waals surface area (Å²) >= 11 is 5.07. The van der Waals surface area contributed by atoms with Gasteiger partial charge in [0.05, 0.1) is 13.0 Å². The fraction of sp³-hybridized carbons (Fsp3) is 0.308. The topological polar surface area (TPSA) is 62.7 Å². The molecule has 0 bridgehead atoms. The van der Waals surface area contributed by atoms with Crippen LogP contribution in [0.3, 0.4) is 0 Å². The van der Waals surface area contributed by atoms with Gasteiger partial charge in [-0.1, -0.05) is 18.2 Å². The van der Waals surface area contributed by atoms with Crippen molar-refractivity contribution in [3.8, 4) is 0 Å². The van der Waals surface area contributed by atoms with Crippen LogP contribution in [-0.2, 0) is 9.53 Å². The Balaban J connectivity index is 2.38. The van der Waals surface area contributed by atoms with E-state index < -0.39 is 0 Å². The van der Waals surface area contributed by atoms with Crippen molar-refractivity contribution >= 4 is 34.7 Å². The monoisotopic (exact) mass is 279 g/mol. The number of esters is 1. The molecule has 0 radical (unpaired) electrons. The van der Waals surface area contributed by atoms with Crippen molar-refractivity contribution in [1.82, 2.24) is 5.43 Å². The van der Waals surface area contributed by atoms with Crippen molar-refractivity contribution in [2.24, 2.45) is 5.10 Å². The van der Waals surface area contributed by atoms with Crippen LogP contribution in [0.1, 0.15) is 20.3 Å². The maximum atomic E-state index is 11.2. The average molecular weight is 279 g/mol. The third-order valence-corrected chi connectivity index (χ3v) is 2.28. The van der Waals surface area contributed by atoms with Gasteiger partial charge in [0.15, 0.2) is 5.11 Å². The molecule has 0 aliphatic heterocycles. The van der Waals surface area contributed by atoms with Gasteiger partial charge in [-0.05, 0) is 38.2 Å². The van der Waals surface area contributed by atoms with E-state index in [0.29, 0.717) is 17.4 Å². The van der Waals surface area contributed by atoms with Crippen molar-refractivity contribution in [2.75, 3.05) is 11.9 Å². The number of rotatable bonds is 5. The number of nitrogens with zero attached hydrogens (tertiary/aromatic N) is 1. The number of hydrogen-bond acceptors (Lipinski definition) is 4. The molecule has 0 aromatic heterocycles. The second kappa shape index (κ2) is 8.20. The zero-order valence-corrected chi connectivity index (χ0v) is 11.8. The van der Waals surface area contributed by atoms with Gasteiger partial charge in [0.2, 0.25) is 0 Å². The van der Waals surface area contributed by atoms with Crippen molar-refractivity contribution < 1.29 is 9.53 Å². The summed E-state index contributed by atoms with van der Waals surface area (Å²) in [5.41, 5.74) is 4.16. The second-order valence-corrected chi connectivity index (χ2v) is 4.17. The number of hydrogen-bond donors (Lipinski definition) is 2. The normalized spacial score (nSPS) is 10.7. The first-order valence-electron chi connectivity index (χ1n) is 5.92. The molecule has 1 aromatic rings. The molecule has 0 amide bonds. The molecule has 2 N–H and O–H groups in total. The minimum absolute atomic E-state index is 0.148. The Morgan fingerprint density at radius 1 is 1.37 bits per heavy atom. The van der Waals surface area contributed by atoms with E-state index in [1.807, 2.05) is 30.3 Å². The van der Waals surface area contributed by atoms with Gasteiger partial charge in [0, 0.05) is 11.4 Å². The Kier molecular flexibility index (Phi) is 6.52. The zero-order chi connectivity index (χ0) is 14.1. The molecule has 6 heteroatoms. The predicted molar refractivity (Wildman–Crippen MR) is 80.2 cm³/mol. The minimum atomic E-state index is -0.299. The number of para-hydroxylation sites is 1. The third-order valence-electron chi connectivity index (χ3n) is 2.09. The second-order valence-electron chi connectivity index (χ2n) is 3.76. The molecule has 0 heterocycles. The molecule has 102 valence electrons. The van der Waals surface area contributed by atoms with Crippen LogP contribution in [0.4, 0.5) is 5.69 Å². The standard InChI is InChI=1S/C13H17N3O2S/c1-3-18-12(17)9-10(2)15-16-13(19)14-11-7-5-4-6-8-11/h4-8H,3,9H2,1-2H3,(H2,14,16,19)/b15-10-. The average Bonchev–Trinajstić information content (AvgIpc) is 2.38. The first kappa shape index (κ1) is 15.1. The van der Waals surface area contributed by atoms with Crippen LogP contribution in [0.25, 0.3) is 0 Å². The third kappa shape index (κ3) is 6.52. The number of ether oxygens (including phenoxy) is 1. The van der Waals surface area contributed by atoms with E-state index in [0.717, 1.165) is 5.69 Å². The molecular formula is C13H17N3O2S. The van der Waals surface area contributed by atoms with E-state index >= 15 is 0 Å². The summed E-state index contributed by atoms with van der Waals surface area (Å²) in [7, 11) is 0. The van der Waals surface area contributed by atoms with Crippen LogP contribution in [0, 0.1) is 0 Å². The number of hydrazone groups is 1. The van der Waals surface area contributed by atoms with Gasteiger partial charge in [-0.3, -0.25) is 10.2 Å². The van der Waals surface area contributed by atoms with Gasteiger partial charge in [0.25, 0.3) is 0 Å². The highest BCUT2D eigenvalue weighted by molar-refractivity contribution is 7.80. The Morgan fingerprint density at radius 2 is 2.05 bits per heavy atom. The summed E-state index contributed by atoms with van der Waals surface area (Å²) in [6, 6.07) is 9.51. The molecule has 1 rings (SSSR count). The summed E-state index contributed by atoms with van der Waals surface area (Å²) in [6.45, 7) is 3.87. The Hall–Kier alpha value is -1.95. The molecule has 0 saturated heterocycles. The molecule has 0 fully saturated rings. The van der Waals surface area contributed by atoms with Crippen LogP contribution in [0.15, 0.2) is 35.4 Å². The van der Waals surface area contributed by atoms with Gasteiger partial charge in [-0.25, -0.2) is 0 Å². The maximum Gasteiger partial charge on any atom is 0.311 e. The molecular weight excluding hydrogens is 262 g/mol. The molecule has 1 aromatic carbocycles. The van der Waals surface area contributed by atoms with E-state index in [-0.39, 0.29) is 12.4 Å². The van der Waals surface area contributed by atoms with Gasteiger partial charge >= 0.3 is 5.97 Å². The van der Waals surface area contributed by atoms with E-state index in [1.54, 1.807) is 13.8 Å². The summed E-state index contributed by atoms with van der Waals surface area (Å²) < 4.78 is 4.82. The first-order valence-corrected chi connectivity index (χ1v) is 6.33. The molecule has 0 aliphatic rings. The Morgan fingerprint density at radius 3 is 2.68 bits per heavy atom. The van der Waals surface area contributed by atoms with Gasteiger partial charge in [-0.2, -0.15) is 5.10 Å². The lowest BCUT2D eigenvalue weighted by Gasteiger charge is -2.07. The molecule has 0 unspecified atom stereocenters. The van der Waals surface area contributed by atoms with E-state index in [1.165, 1.54) is 0 Å². The van der Waals surface area contributed by atoms with Crippen LogP contribution in [-0.4, -0.2) is 23.4 Å². The SMILES string of the molecule is CCOC(=O)C/C(C)=N\NC(=S)Nc1ccccc1. The number of anilines is 1. The predicted octanol–water partition coefficient (Wildman–Crippen LogP) is 2.30. The van der Waals surface area contributed by atoms with Crippen molar-refractivity contribution in [3.63, 3.8) is 0 Å². The highest BCUT2D eigenvalue weighted by Gasteiger charge is 2.04. The molecule has 0 aliphatic carbocycles. The smallest absolute Gasteiger partial charge is 0.311 e. The Labute approximate surface area is 118 Å². The highest BCUT2D eigenvalue weighted by Crippen LogP contribution is 2.04. The fourth-order valence-corrected chi connectivity index (χ4v) is 1.45. The molecule has 19 heavy (non-hydrogen) atoms. The van der Waals surface area contributed by atoms with Gasteiger partial charge < -0.3 is 10.1 Å². The molecule has 0 spiro atoms. The maximum absolute atomic E-state index is 11.2. The van der Waals surface area contributed by atoms with Crippen LogP contribution >= 0.6 is 12.2 Å². The molecule has 5 nitrogen and oxygen atoms in total. The van der Waals surface area contributed by atoms with Crippen molar-refractivity contribution in [2.45, 2.75) is 20.3 Å². The Bertz CT molecular complexity index is 460. The molecule has 0 atom stereocenters. The number of benzene rings is 1. The minimum Gasteiger partial charge on any atom is -0.466 e. The van der Waals surface area contributed by atoms with Crippen LogP contribution in [0.5, 0.6) is 0 Å². The summed E-state index contributed by atoms with van der Waals surface area (Å²) in [4.78, 5) is 11.2. The lowest BCUT2D eigenvalue weighted by Crippen LogP contribution is -2.25. The quantitative estimate of drug-likeness (QED) is 0.375. The lowest BCUT2D eigenvalue weighted by molar-refractivity contribution is -0.141. The van der Waals surface area contributed by atoms with Gasteiger partial charge in [0.1, 0.15) is 0 Å². The number of carbonyl (C=O) groups is 1. The van der Waals surface area contributed by atoms with Crippen molar-refractivity contribution in [3.05, 3.63) is 30.3 Å².